The fraction of sp³-hybridized carbons (Fsp3) is 1.00. The van der Waals surface area contributed by atoms with Crippen molar-refractivity contribution in [2.45, 2.75) is 19.4 Å². The topological polar surface area (TPSA) is 47.3 Å². The van der Waals surface area contributed by atoms with Gasteiger partial charge in [-0.1, -0.05) is 0 Å². The lowest BCUT2D eigenvalue weighted by Crippen LogP contribution is -2.33. The van der Waals surface area contributed by atoms with Gasteiger partial charge in [-0.05, 0) is 13.3 Å². The van der Waals surface area contributed by atoms with E-state index in [2.05, 4.69) is 5.43 Å². The molecule has 0 fully saturated rings. The SMILES string of the molecule is COCC[C@@H](C)NN. The normalized spacial score (nSPS) is 13.9. The van der Waals surface area contributed by atoms with Crippen LogP contribution in [0.2, 0.25) is 0 Å². The second-order valence-corrected chi connectivity index (χ2v) is 1.85. The third-order valence-corrected chi connectivity index (χ3v) is 1.04. The Morgan fingerprint density at radius 3 is 2.75 bits per heavy atom. The fourth-order valence-corrected chi connectivity index (χ4v) is 0.378. The van der Waals surface area contributed by atoms with Crippen LogP contribution in [0.15, 0.2) is 0 Å². The quantitative estimate of drug-likeness (QED) is 0.399. The molecule has 0 aromatic heterocycles. The van der Waals surface area contributed by atoms with Crippen LogP contribution >= 0.6 is 0 Å². The molecule has 3 heteroatoms. The average Bonchev–Trinajstić information content (AvgIpc) is 1.83. The summed E-state index contributed by atoms with van der Waals surface area (Å²) in [6, 6.07) is 0.356. The standard InChI is InChI=1S/C5H14N2O/c1-5(7-6)3-4-8-2/h5,7H,3-4,6H2,1-2H3/t5-/m1/s1. The van der Waals surface area contributed by atoms with Gasteiger partial charge < -0.3 is 4.74 Å². The van der Waals surface area contributed by atoms with E-state index in [-0.39, 0.29) is 0 Å². The summed E-state index contributed by atoms with van der Waals surface area (Å²) < 4.78 is 4.82. The predicted molar refractivity (Wildman–Crippen MR) is 33.3 cm³/mol. The van der Waals surface area contributed by atoms with Crippen molar-refractivity contribution < 1.29 is 4.74 Å². The Balaban J connectivity index is 2.86. The van der Waals surface area contributed by atoms with E-state index in [1.807, 2.05) is 6.92 Å². The molecule has 3 N–H and O–H groups in total. The molecule has 0 spiro atoms. The number of hydrogen-bond acceptors (Lipinski definition) is 3. The molecule has 3 nitrogen and oxygen atoms in total. The highest BCUT2D eigenvalue weighted by atomic mass is 16.5. The lowest BCUT2D eigenvalue weighted by atomic mass is 10.3. The van der Waals surface area contributed by atoms with E-state index in [1.165, 1.54) is 0 Å². The van der Waals surface area contributed by atoms with Crippen molar-refractivity contribution in [2.75, 3.05) is 13.7 Å². The zero-order valence-corrected chi connectivity index (χ0v) is 5.48. The monoisotopic (exact) mass is 118 g/mol. The van der Waals surface area contributed by atoms with E-state index < -0.39 is 0 Å². The van der Waals surface area contributed by atoms with Crippen molar-refractivity contribution in [3.8, 4) is 0 Å². The molecule has 1 atom stereocenters. The van der Waals surface area contributed by atoms with Crippen LogP contribution in [0.25, 0.3) is 0 Å². The number of rotatable bonds is 4. The Morgan fingerprint density at radius 1 is 1.75 bits per heavy atom. The molecule has 0 aliphatic rings. The second kappa shape index (κ2) is 5.03. The summed E-state index contributed by atoms with van der Waals surface area (Å²) in [4.78, 5) is 0. The predicted octanol–water partition coefficient (Wildman–Crippen LogP) is -0.125. The van der Waals surface area contributed by atoms with E-state index in [9.17, 15) is 0 Å². The first-order chi connectivity index (χ1) is 3.81. The third kappa shape index (κ3) is 4.05. The zero-order valence-electron chi connectivity index (χ0n) is 5.48. The van der Waals surface area contributed by atoms with Gasteiger partial charge in [-0.2, -0.15) is 0 Å². The molecule has 0 rings (SSSR count). The molecule has 0 saturated carbocycles. The summed E-state index contributed by atoms with van der Waals surface area (Å²) in [5, 5.41) is 0. The van der Waals surface area contributed by atoms with Gasteiger partial charge in [0.05, 0.1) is 0 Å². The van der Waals surface area contributed by atoms with Crippen molar-refractivity contribution in [3.63, 3.8) is 0 Å². The molecular weight excluding hydrogens is 104 g/mol. The van der Waals surface area contributed by atoms with Crippen molar-refractivity contribution in [1.29, 1.82) is 0 Å². The van der Waals surface area contributed by atoms with Crippen LogP contribution in [0, 0.1) is 0 Å². The maximum atomic E-state index is 5.11. The summed E-state index contributed by atoms with van der Waals surface area (Å²) in [6.07, 6.45) is 0.965. The first kappa shape index (κ1) is 7.88. The number of nitrogens with two attached hydrogens (primary N) is 1. The van der Waals surface area contributed by atoms with Crippen LogP contribution in [0.5, 0.6) is 0 Å². The van der Waals surface area contributed by atoms with E-state index in [4.69, 9.17) is 10.6 Å². The lowest BCUT2D eigenvalue weighted by molar-refractivity contribution is 0.185. The van der Waals surface area contributed by atoms with Gasteiger partial charge in [0.15, 0.2) is 0 Å². The zero-order chi connectivity index (χ0) is 6.41. The lowest BCUT2D eigenvalue weighted by Gasteiger charge is -2.06. The average molecular weight is 118 g/mol. The van der Waals surface area contributed by atoms with Crippen LogP contribution < -0.4 is 11.3 Å². The summed E-state index contributed by atoms with van der Waals surface area (Å²) in [5.41, 5.74) is 2.62. The summed E-state index contributed by atoms with van der Waals surface area (Å²) >= 11 is 0. The summed E-state index contributed by atoms with van der Waals surface area (Å²) in [7, 11) is 1.68. The van der Waals surface area contributed by atoms with Gasteiger partial charge in [-0.15, -0.1) is 0 Å². The molecule has 0 saturated heterocycles. The van der Waals surface area contributed by atoms with Crippen molar-refractivity contribution >= 4 is 0 Å². The second-order valence-electron chi connectivity index (χ2n) is 1.85. The fourth-order valence-electron chi connectivity index (χ4n) is 0.378. The Bertz CT molecular complexity index is 49.7. The number of hydrazine groups is 1. The van der Waals surface area contributed by atoms with Gasteiger partial charge in [0.25, 0.3) is 0 Å². The van der Waals surface area contributed by atoms with Crippen LogP contribution in [0.1, 0.15) is 13.3 Å². The van der Waals surface area contributed by atoms with Gasteiger partial charge in [0, 0.05) is 19.8 Å². The van der Waals surface area contributed by atoms with Crippen molar-refractivity contribution in [3.05, 3.63) is 0 Å². The van der Waals surface area contributed by atoms with Gasteiger partial charge in [0.1, 0.15) is 0 Å². The molecule has 0 radical (unpaired) electrons. The number of nitrogens with one attached hydrogen (secondary N) is 1. The number of methoxy groups -OCH3 is 1. The Kier molecular flexibility index (Phi) is 4.95. The largest absolute Gasteiger partial charge is 0.385 e. The van der Waals surface area contributed by atoms with Crippen LogP contribution in [-0.4, -0.2) is 19.8 Å². The first-order valence-electron chi connectivity index (χ1n) is 2.76. The number of ether oxygens (including phenoxy) is 1. The molecular formula is C5H14N2O. The Hall–Kier alpha value is -0.120. The van der Waals surface area contributed by atoms with Crippen LogP contribution in [0.4, 0.5) is 0 Å². The molecule has 0 unspecified atom stereocenters. The highest BCUT2D eigenvalue weighted by Crippen LogP contribution is 1.86. The smallest absolute Gasteiger partial charge is 0.0477 e. The van der Waals surface area contributed by atoms with Crippen LogP contribution in [-0.2, 0) is 4.74 Å². The Morgan fingerprint density at radius 2 is 2.38 bits per heavy atom. The molecule has 0 aromatic rings. The van der Waals surface area contributed by atoms with Gasteiger partial charge >= 0.3 is 0 Å². The van der Waals surface area contributed by atoms with Crippen molar-refractivity contribution in [2.24, 2.45) is 5.84 Å². The minimum Gasteiger partial charge on any atom is -0.385 e. The molecule has 0 amide bonds. The van der Waals surface area contributed by atoms with Crippen molar-refractivity contribution in [1.82, 2.24) is 5.43 Å². The first-order valence-corrected chi connectivity index (χ1v) is 2.76. The highest BCUT2D eigenvalue weighted by molar-refractivity contribution is 4.52. The molecule has 0 aromatic carbocycles. The van der Waals surface area contributed by atoms with E-state index in [0.717, 1.165) is 13.0 Å². The molecule has 8 heavy (non-hydrogen) atoms. The van der Waals surface area contributed by atoms with Crippen LogP contribution in [0.3, 0.4) is 0 Å². The molecule has 0 aliphatic heterocycles. The highest BCUT2D eigenvalue weighted by Gasteiger charge is 1.94. The Labute approximate surface area is 50.2 Å². The molecule has 0 heterocycles. The minimum absolute atomic E-state index is 0.356. The van der Waals surface area contributed by atoms with Gasteiger partial charge in [-0.25, -0.2) is 0 Å². The number of hydrogen-bond donors (Lipinski definition) is 2. The summed E-state index contributed by atoms with van der Waals surface area (Å²) in [6.45, 7) is 2.78. The molecule has 50 valence electrons. The van der Waals surface area contributed by atoms with E-state index >= 15 is 0 Å². The third-order valence-electron chi connectivity index (χ3n) is 1.04. The molecule has 0 aliphatic carbocycles. The molecule has 0 bridgehead atoms. The minimum atomic E-state index is 0.356. The maximum absolute atomic E-state index is 5.11. The van der Waals surface area contributed by atoms with E-state index in [0.29, 0.717) is 6.04 Å². The summed E-state index contributed by atoms with van der Waals surface area (Å²) in [5.74, 6) is 5.11. The van der Waals surface area contributed by atoms with Gasteiger partial charge in [0.2, 0.25) is 0 Å². The van der Waals surface area contributed by atoms with E-state index in [1.54, 1.807) is 7.11 Å². The maximum Gasteiger partial charge on any atom is 0.0477 e. The van der Waals surface area contributed by atoms with Gasteiger partial charge in [-0.3, -0.25) is 11.3 Å².